The fourth-order valence-corrected chi connectivity index (χ4v) is 2.11. The van der Waals surface area contributed by atoms with E-state index in [-0.39, 0.29) is 5.95 Å². The molecule has 2 heterocycles. The summed E-state index contributed by atoms with van der Waals surface area (Å²) < 4.78 is 27.9. The van der Waals surface area contributed by atoms with Crippen molar-refractivity contribution >= 4 is 28.5 Å². The van der Waals surface area contributed by atoms with Gasteiger partial charge >= 0.3 is 0 Å². The highest BCUT2D eigenvalue weighted by molar-refractivity contribution is 5.88. The number of hydrogen-bond acceptors (Lipinski definition) is 5. The van der Waals surface area contributed by atoms with E-state index >= 15 is 0 Å². The fraction of sp³-hybridized carbons (Fsp3) is 0.214. The largest absolute Gasteiger partial charge is 0.362 e. The van der Waals surface area contributed by atoms with E-state index in [1.54, 1.807) is 17.9 Å². The van der Waals surface area contributed by atoms with Gasteiger partial charge in [0.25, 0.3) is 0 Å². The number of aryl methyl sites for hydroxylation is 1. The van der Waals surface area contributed by atoms with Gasteiger partial charge in [0.15, 0.2) is 17.3 Å². The van der Waals surface area contributed by atoms with Gasteiger partial charge in [0.05, 0.1) is 11.6 Å². The van der Waals surface area contributed by atoms with Crippen LogP contribution in [0.2, 0.25) is 0 Å². The molecule has 0 fully saturated rings. The lowest BCUT2D eigenvalue weighted by Gasteiger charge is -2.14. The van der Waals surface area contributed by atoms with E-state index in [0.717, 1.165) is 17.5 Å². The molecule has 0 spiro atoms. The average Bonchev–Trinajstić information content (AvgIpc) is 2.84. The number of nitrogens with one attached hydrogen (secondary N) is 1. The van der Waals surface area contributed by atoms with Crippen LogP contribution in [0, 0.1) is 11.6 Å². The Bertz CT molecular complexity index is 843. The van der Waals surface area contributed by atoms with E-state index in [4.69, 9.17) is 0 Å². The summed E-state index contributed by atoms with van der Waals surface area (Å²) >= 11 is 0. The molecule has 0 saturated heterocycles. The van der Waals surface area contributed by atoms with Gasteiger partial charge in [-0.2, -0.15) is 15.1 Å². The van der Waals surface area contributed by atoms with Gasteiger partial charge in [-0.15, -0.1) is 0 Å². The first-order valence-electron chi connectivity index (χ1n) is 6.55. The molecule has 3 rings (SSSR count). The first kappa shape index (κ1) is 14.2. The molecule has 6 nitrogen and oxygen atoms in total. The summed E-state index contributed by atoms with van der Waals surface area (Å²) in [4.78, 5) is 10.6. The Balaban J connectivity index is 2.06. The highest BCUT2D eigenvalue weighted by atomic mass is 19.2. The minimum absolute atomic E-state index is 0.283. The van der Waals surface area contributed by atoms with Crippen LogP contribution in [0.15, 0.2) is 24.4 Å². The Labute approximate surface area is 125 Å². The Morgan fingerprint density at radius 3 is 2.59 bits per heavy atom. The van der Waals surface area contributed by atoms with Gasteiger partial charge in [0, 0.05) is 32.9 Å². The lowest BCUT2D eigenvalue weighted by molar-refractivity contribution is 0.509. The molecule has 2 aromatic heterocycles. The third-order valence-corrected chi connectivity index (χ3v) is 3.17. The Morgan fingerprint density at radius 1 is 1.14 bits per heavy atom. The molecule has 0 saturated carbocycles. The van der Waals surface area contributed by atoms with Crippen LogP contribution in [0.25, 0.3) is 11.0 Å². The number of rotatable bonds is 3. The monoisotopic (exact) mass is 304 g/mol. The van der Waals surface area contributed by atoms with E-state index in [1.165, 1.54) is 6.07 Å². The third kappa shape index (κ3) is 2.43. The van der Waals surface area contributed by atoms with Crippen molar-refractivity contribution in [3.63, 3.8) is 0 Å². The molecular formula is C14H14F2N6. The van der Waals surface area contributed by atoms with Gasteiger partial charge in [0.2, 0.25) is 5.95 Å². The average molecular weight is 304 g/mol. The van der Waals surface area contributed by atoms with Crippen molar-refractivity contribution in [1.82, 2.24) is 19.7 Å². The molecule has 0 aliphatic rings. The van der Waals surface area contributed by atoms with E-state index in [0.29, 0.717) is 17.2 Å². The zero-order valence-corrected chi connectivity index (χ0v) is 12.3. The molecule has 22 heavy (non-hydrogen) atoms. The van der Waals surface area contributed by atoms with E-state index in [1.807, 2.05) is 19.0 Å². The standard InChI is InChI=1S/C14H14F2N6/c1-21(2)12-9-7-17-22(3)13(9)20-14(19-12)18-8-4-5-10(15)11(16)6-8/h4-7H,1-3H3,(H,18,19,20). The molecule has 0 aliphatic carbocycles. The number of hydrogen-bond donors (Lipinski definition) is 1. The van der Waals surface area contributed by atoms with Crippen LogP contribution >= 0.6 is 0 Å². The number of anilines is 3. The minimum atomic E-state index is -0.931. The molecule has 8 heteroatoms. The van der Waals surface area contributed by atoms with Crippen LogP contribution < -0.4 is 10.2 Å². The number of benzene rings is 1. The minimum Gasteiger partial charge on any atom is -0.362 e. The molecule has 1 N–H and O–H groups in total. The van der Waals surface area contributed by atoms with Gasteiger partial charge in [-0.3, -0.25) is 4.68 Å². The molecule has 114 valence electrons. The summed E-state index contributed by atoms with van der Waals surface area (Å²) in [5.41, 5.74) is 1.01. The normalized spacial score (nSPS) is 11.0. The molecule has 0 aliphatic heterocycles. The second kappa shape index (κ2) is 5.21. The van der Waals surface area contributed by atoms with Crippen molar-refractivity contribution in [3.05, 3.63) is 36.0 Å². The van der Waals surface area contributed by atoms with Crippen molar-refractivity contribution in [2.45, 2.75) is 0 Å². The summed E-state index contributed by atoms with van der Waals surface area (Å²) in [5, 5.41) is 7.85. The van der Waals surface area contributed by atoms with Crippen molar-refractivity contribution in [3.8, 4) is 0 Å². The highest BCUT2D eigenvalue weighted by Crippen LogP contribution is 2.25. The Morgan fingerprint density at radius 2 is 1.91 bits per heavy atom. The summed E-state index contributed by atoms with van der Waals surface area (Å²) in [5.74, 6) is -0.865. The van der Waals surface area contributed by atoms with Crippen LogP contribution in [0.3, 0.4) is 0 Å². The summed E-state index contributed by atoms with van der Waals surface area (Å²) in [6.07, 6.45) is 1.69. The fourth-order valence-electron chi connectivity index (χ4n) is 2.11. The van der Waals surface area contributed by atoms with Crippen molar-refractivity contribution in [1.29, 1.82) is 0 Å². The lowest BCUT2D eigenvalue weighted by atomic mass is 10.3. The first-order chi connectivity index (χ1) is 10.5. The number of nitrogens with zero attached hydrogens (tertiary/aromatic N) is 5. The van der Waals surface area contributed by atoms with Crippen molar-refractivity contribution in [2.75, 3.05) is 24.3 Å². The topological polar surface area (TPSA) is 58.9 Å². The third-order valence-electron chi connectivity index (χ3n) is 3.17. The molecular weight excluding hydrogens is 290 g/mol. The van der Waals surface area contributed by atoms with Crippen molar-refractivity contribution < 1.29 is 8.78 Å². The molecule has 3 aromatic rings. The molecule has 0 atom stereocenters. The smallest absolute Gasteiger partial charge is 0.231 e. The summed E-state index contributed by atoms with van der Waals surface area (Å²) in [7, 11) is 5.49. The molecule has 0 radical (unpaired) electrons. The Hall–Kier alpha value is -2.77. The predicted molar refractivity (Wildman–Crippen MR) is 80.3 cm³/mol. The second-order valence-corrected chi connectivity index (χ2v) is 5.02. The number of aromatic nitrogens is 4. The van der Waals surface area contributed by atoms with Crippen molar-refractivity contribution in [2.24, 2.45) is 7.05 Å². The van der Waals surface area contributed by atoms with E-state index < -0.39 is 11.6 Å². The maximum atomic E-state index is 13.3. The van der Waals surface area contributed by atoms with E-state index in [2.05, 4.69) is 20.4 Å². The van der Waals surface area contributed by atoms with Crippen LogP contribution in [0.1, 0.15) is 0 Å². The van der Waals surface area contributed by atoms with Gasteiger partial charge in [-0.25, -0.2) is 8.78 Å². The van der Waals surface area contributed by atoms with Gasteiger partial charge in [-0.05, 0) is 12.1 Å². The zero-order chi connectivity index (χ0) is 15.9. The Kier molecular flexibility index (Phi) is 3.36. The SMILES string of the molecule is CN(C)c1nc(Nc2ccc(F)c(F)c2)nc2c1cnn2C. The summed E-state index contributed by atoms with van der Waals surface area (Å²) in [6, 6.07) is 3.53. The molecule has 1 aromatic carbocycles. The van der Waals surface area contributed by atoms with Crippen LogP contribution in [-0.2, 0) is 7.05 Å². The number of fused-ring (bicyclic) bond motifs is 1. The summed E-state index contributed by atoms with van der Waals surface area (Å²) in [6.45, 7) is 0. The lowest BCUT2D eigenvalue weighted by Crippen LogP contribution is -2.13. The highest BCUT2D eigenvalue weighted by Gasteiger charge is 2.13. The van der Waals surface area contributed by atoms with Crippen LogP contribution in [-0.4, -0.2) is 33.8 Å². The number of halogens is 2. The predicted octanol–water partition coefficient (Wildman–Crippen LogP) is 2.45. The van der Waals surface area contributed by atoms with E-state index in [9.17, 15) is 8.78 Å². The maximum absolute atomic E-state index is 13.3. The van der Waals surface area contributed by atoms with Crippen LogP contribution in [0.4, 0.5) is 26.2 Å². The zero-order valence-electron chi connectivity index (χ0n) is 12.3. The van der Waals surface area contributed by atoms with Gasteiger partial charge in [0.1, 0.15) is 5.82 Å². The molecule has 0 unspecified atom stereocenters. The quantitative estimate of drug-likeness (QED) is 0.805. The maximum Gasteiger partial charge on any atom is 0.231 e. The molecule has 0 bridgehead atoms. The van der Waals surface area contributed by atoms with Gasteiger partial charge in [-0.1, -0.05) is 0 Å². The first-order valence-corrected chi connectivity index (χ1v) is 6.55. The van der Waals surface area contributed by atoms with Gasteiger partial charge < -0.3 is 10.2 Å². The second-order valence-electron chi connectivity index (χ2n) is 5.02. The van der Waals surface area contributed by atoms with Crippen LogP contribution in [0.5, 0.6) is 0 Å². The molecule has 0 amide bonds.